The van der Waals surface area contributed by atoms with Crippen LogP contribution in [0.3, 0.4) is 0 Å². The highest BCUT2D eigenvalue weighted by Gasteiger charge is 2.14. The standard InChI is InChI=1S/C9H14N2O2S/c1-8(2)14(12,13)11-10-9-6-4-3-5-7-9/h3-8,10-11H,1-2H3. The molecular weight excluding hydrogens is 200 g/mol. The number of para-hydroxylation sites is 1. The van der Waals surface area contributed by atoms with Gasteiger partial charge in [0.05, 0.1) is 5.25 Å². The van der Waals surface area contributed by atoms with Gasteiger partial charge in [-0.05, 0) is 26.0 Å². The van der Waals surface area contributed by atoms with Gasteiger partial charge in [0, 0.05) is 5.69 Å². The molecule has 0 aromatic heterocycles. The van der Waals surface area contributed by atoms with E-state index in [1.165, 1.54) is 0 Å². The average molecular weight is 214 g/mol. The summed E-state index contributed by atoms with van der Waals surface area (Å²) in [6, 6.07) is 9.08. The Hall–Kier alpha value is -1.07. The summed E-state index contributed by atoms with van der Waals surface area (Å²) >= 11 is 0. The topological polar surface area (TPSA) is 58.2 Å². The molecular formula is C9H14N2O2S. The normalized spacial score (nSPS) is 11.6. The van der Waals surface area contributed by atoms with E-state index < -0.39 is 15.3 Å². The second-order valence-corrected chi connectivity index (χ2v) is 5.42. The molecule has 0 saturated carbocycles. The second-order valence-electron chi connectivity index (χ2n) is 3.19. The van der Waals surface area contributed by atoms with E-state index in [2.05, 4.69) is 10.3 Å². The van der Waals surface area contributed by atoms with E-state index in [0.29, 0.717) is 0 Å². The molecule has 0 aliphatic heterocycles. The third-order valence-corrected chi connectivity index (χ3v) is 3.36. The number of hydrogen-bond acceptors (Lipinski definition) is 3. The van der Waals surface area contributed by atoms with Crippen molar-refractivity contribution in [1.29, 1.82) is 0 Å². The zero-order valence-electron chi connectivity index (χ0n) is 8.19. The fraction of sp³-hybridized carbons (Fsp3) is 0.333. The van der Waals surface area contributed by atoms with Crippen LogP contribution in [0.2, 0.25) is 0 Å². The van der Waals surface area contributed by atoms with Crippen LogP contribution in [0.15, 0.2) is 30.3 Å². The molecule has 0 radical (unpaired) electrons. The highest BCUT2D eigenvalue weighted by Crippen LogP contribution is 2.04. The van der Waals surface area contributed by atoms with Crippen LogP contribution < -0.4 is 10.3 Å². The van der Waals surface area contributed by atoms with Gasteiger partial charge in [0.1, 0.15) is 0 Å². The summed E-state index contributed by atoms with van der Waals surface area (Å²) in [4.78, 5) is 2.30. The molecule has 0 amide bonds. The first kappa shape index (κ1) is 11.0. The molecule has 0 atom stereocenters. The predicted octanol–water partition coefficient (Wildman–Crippen LogP) is 1.34. The maximum Gasteiger partial charge on any atom is 0.230 e. The fourth-order valence-corrected chi connectivity index (χ4v) is 1.27. The summed E-state index contributed by atoms with van der Waals surface area (Å²) in [6.45, 7) is 3.24. The van der Waals surface area contributed by atoms with Crippen molar-refractivity contribution in [2.45, 2.75) is 19.1 Å². The molecule has 1 aromatic carbocycles. The molecule has 0 aliphatic carbocycles. The number of rotatable bonds is 4. The number of hydrazine groups is 1. The molecule has 14 heavy (non-hydrogen) atoms. The molecule has 1 rings (SSSR count). The molecule has 0 spiro atoms. The van der Waals surface area contributed by atoms with Crippen molar-refractivity contribution in [1.82, 2.24) is 4.83 Å². The van der Waals surface area contributed by atoms with Crippen LogP contribution in [0.4, 0.5) is 5.69 Å². The van der Waals surface area contributed by atoms with Gasteiger partial charge in [-0.2, -0.15) is 0 Å². The van der Waals surface area contributed by atoms with Crippen molar-refractivity contribution in [3.63, 3.8) is 0 Å². The minimum atomic E-state index is -3.26. The highest BCUT2D eigenvalue weighted by atomic mass is 32.2. The monoisotopic (exact) mass is 214 g/mol. The Morgan fingerprint density at radius 2 is 1.71 bits per heavy atom. The van der Waals surface area contributed by atoms with Crippen molar-refractivity contribution >= 4 is 15.7 Å². The van der Waals surface area contributed by atoms with Crippen molar-refractivity contribution < 1.29 is 8.42 Å². The van der Waals surface area contributed by atoms with Gasteiger partial charge in [0.2, 0.25) is 10.0 Å². The molecule has 2 N–H and O–H groups in total. The molecule has 0 fully saturated rings. The van der Waals surface area contributed by atoms with E-state index in [4.69, 9.17) is 0 Å². The Morgan fingerprint density at radius 1 is 1.14 bits per heavy atom. The van der Waals surface area contributed by atoms with E-state index in [1.54, 1.807) is 26.0 Å². The SMILES string of the molecule is CC(C)S(=O)(=O)NNc1ccccc1. The Balaban J connectivity index is 2.58. The first-order valence-electron chi connectivity index (χ1n) is 4.34. The van der Waals surface area contributed by atoms with Gasteiger partial charge in [0.15, 0.2) is 0 Å². The molecule has 4 nitrogen and oxygen atoms in total. The average Bonchev–Trinajstić information content (AvgIpc) is 2.16. The quantitative estimate of drug-likeness (QED) is 0.744. The lowest BCUT2D eigenvalue weighted by molar-refractivity contribution is 0.578. The Labute approximate surface area is 84.4 Å². The molecule has 0 aliphatic rings. The first-order chi connectivity index (χ1) is 6.52. The first-order valence-corrected chi connectivity index (χ1v) is 5.88. The third-order valence-electron chi connectivity index (χ3n) is 1.73. The summed E-state index contributed by atoms with van der Waals surface area (Å²) in [5.41, 5.74) is 3.35. The molecule has 5 heteroatoms. The van der Waals surface area contributed by atoms with E-state index in [0.717, 1.165) is 5.69 Å². The van der Waals surface area contributed by atoms with Crippen LogP contribution in [-0.4, -0.2) is 13.7 Å². The lowest BCUT2D eigenvalue weighted by Crippen LogP contribution is -2.35. The van der Waals surface area contributed by atoms with Gasteiger partial charge in [-0.3, -0.25) is 0 Å². The number of benzene rings is 1. The zero-order chi connectivity index (χ0) is 10.6. The van der Waals surface area contributed by atoms with Crippen molar-refractivity contribution in [2.75, 3.05) is 5.43 Å². The second kappa shape index (κ2) is 4.43. The summed E-state index contributed by atoms with van der Waals surface area (Å²) in [7, 11) is -3.26. The summed E-state index contributed by atoms with van der Waals surface area (Å²) < 4.78 is 22.7. The number of sulfonamides is 1. The number of nitrogens with one attached hydrogen (secondary N) is 2. The maximum absolute atomic E-state index is 11.3. The maximum atomic E-state index is 11.3. The van der Waals surface area contributed by atoms with Crippen molar-refractivity contribution in [3.8, 4) is 0 Å². The largest absolute Gasteiger partial charge is 0.308 e. The number of anilines is 1. The van der Waals surface area contributed by atoms with Crippen LogP contribution >= 0.6 is 0 Å². The molecule has 0 saturated heterocycles. The van der Waals surface area contributed by atoms with Gasteiger partial charge < -0.3 is 5.43 Å². The highest BCUT2D eigenvalue weighted by molar-refractivity contribution is 7.90. The Kier molecular flexibility index (Phi) is 3.49. The molecule has 78 valence electrons. The van der Waals surface area contributed by atoms with Crippen LogP contribution in [0.25, 0.3) is 0 Å². The van der Waals surface area contributed by atoms with Gasteiger partial charge >= 0.3 is 0 Å². The summed E-state index contributed by atoms with van der Waals surface area (Å²) in [5, 5.41) is -0.446. The van der Waals surface area contributed by atoms with Gasteiger partial charge in [-0.1, -0.05) is 18.2 Å². The van der Waals surface area contributed by atoms with Crippen LogP contribution in [0, 0.1) is 0 Å². The fourth-order valence-electron chi connectivity index (χ4n) is 0.769. The van der Waals surface area contributed by atoms with Gasteiger partial charge in [-0.25, -0.2) is 8.42 Å². The summed E-state index contributed by atoms with van der Waals surface area (Å²) in [5.74, 6) is 0. The van der Waals surface area contributed by atoms with Crippen molar-refractivity contribution in [3.05, 3.63) is 30.3 Å². The molecule has 0 heterocycles. The molecule has 0 bridgehead atoms. The van der Waals surface area contributed by atoms with E-state index in [1.807, 2.05) is 18.2 Å². The van der Waals surface area contributed by atoms with E-state index in [-0.39, 0.29) is 0 Å². The van der Waals surface area contributed by atoms with Crippen LogP contribution in [0.5, 0.6) is 0 Å². The smallest absolute Gasteiger partial charge is 0.230 e. The summed E-state index contributed by atoms with van der Waals surface area (Å²) in [6.07, 6.45) is 0. The van der Waals surface area contributed by atoms with Crippen molar-refractivity contribution in [2.24, 2.45) is 0 Å². The van der Waals surface area contributed by atoms with Gasteiger partial charge in [-0.15, -0.1) is 4.83 Å². The minimum absolute atomic E-state index is 0.446. The Morgan fingerprint density at radius 3 is 2.21 bits per heavy atom. The van der Waals surface area contributed by atoms with Crippen LogP contribution in [0.1, 0.15) is 13.8 Å². The molecule has 0 unspecified atom stereocenters. The van der Waals surface area contributed by atoms with E-state index in [9.17, 15) is 8.42 Å². The van der Waals surface area contributed by atoms with E-state index >= 15 is 0 Å². The van der Waals surface area contributed by atoms with Gasteiger partial charge in [0.25, 0.3) is 0 Å². The molecule has 1 aromatic rings. The lowest BCUT2D eigenvalue weighted by atomic mass is 10.3. The van der Waals surface area contributed by atoms with Crippen LogP contribution in [-0.2, 0) is 10.0 Å². The predicted molar refractivity (Wildman–Crippen MR) is 57.3 cm³/mol. The Bertz CT molecular complexity index is 373. The zero-order valence-corrected chi connectivity index (χ0v) is 9.01. The number of hydrogen-bond donors (Lipinski definition) is 2. The third kappa shape index (κ3) is 3.01. The minimum Gasteiger partial charge on any atom is -0.308 e. The lowest BCUT2D eigenvalue weighted by Gasteiger charge is -2.11.